The van der Waals surface area contributed by atoms with Crippen LogP contribution < -0.4 is 10.1 Å². The molecule has 0 aromatic heterocycles. The molecule has 0 aliphatic rings. The fraction of sp³-hybridized carbons (Fsp3) is 0.300. The highest BCUT2D eigenvalue weighted by Gasteiger charge is 2.63. The molecule has 21 heavy (non-hydrogen) atoms. The minimum Gasteiger partial charge on any atom is -0.404 e. The quantitative estimate of drug-likeness (QED) is 0.861. The molecule has 0 atom stereocenters. The van der Waals surface area contributed by atoms with E-state index in [0.29, 0.717) is 12.1 Å². The van der Waals surface area contributed by atoms with Crippen LogP contribution in [0.5, 0.6) is 5.75 Å². The second-order valence-corrected chi connectivity index (χ2v) is 3.57. The van der Waals surface area contributed by atoms with Crippen molar-refractivity contribution in [2.75, 3.05) is 5.32 Å². The van der Waals surface area contributed by atoms with Crippen LogP contribution in [0.15, 0.2) is 24.3 Å². The number of carbonyl (C=O) groups excluding carboxylic acids is 1. The fourth-order valence-corrected chi connectivity index (χ4v) is 1.11. The molecule has 0 aliphatic heterocycles. The average Bonchev–Trinajstić information content (AvgIpc) is 2.28. The predicted molar refractivity (Wildman–Crippen MR) is 52.8 cm³/mol. The number of nitrogens with one attached hydrogen (secondary N) is 1. The van der Waals surface area contributed by atoms with Crippen molar-refractivity contribution in [2.24, 2.45) is 0 Å². The van der Waals surface area contributed by atoms with Crippen molar-refractivity contribution >= 4 is 11.6 Å². The van der Waals surface area contributed by atoms with Crippen LogP contribution in [-0.2, 0) is 4.79 Å². The summed E-state index contributed by atoms with van der Waals surface area (Å²) in [5, 5.41) is 1.05. The number of halogens is 8. The molecule has 1 aromatic rings. The molecule has 0 heterocycles. The molecule has 118 valence electrons. The molecule has 0 unspecified atom stereocenters. The maximum Gasteiger partial charge on any atom is 0.573 e. The van der Waals surface area contributed by atoms with Gasteiger partial charge in [-0.05, 0) is 12.1 Å². The van der Waals surface area contributed by atoms with Crippen LogP contribution in [0, 0.1) is 0 Å². The minimum absolute atomic E-state index is 0.634. The summed E-state index contributed by atoms with van der Waals surface area (Å²) in [6.07, 6.45) is -11.4. The summed E-state index contributed by atoms with van der Waals surface area (Å²) >= 11 is 0. The lowest BCUT2D eigenvalue weighted by atomic mass is 10.2. The first-order valence-electron chi connectivity index (χ1n) is 4.95. The van der Waals surface area contributed by atoms with E-state index in [1.165, 1.54) is 0 Å². The number of carbonyl (C=O) groups is 1. The van der Waals surface area contributed by atoms with Gasteiger partial charge < -0.3 is 10.1 Å². The van der Waals surface area contributed by atoms with Gasteiger partial charge in [-0.3, -0.25) is 4.79 Å². The van der Waals surface area contributed by atoms with Gasteiger partial charge in [-0.25, -0.2) is 0 Å². The van der Waals surface area contributed by atoms with Crippen LogP contribution in [0.3, 0.4) is 0 Å². The maximum absolute atomic E-state index is 12.7. The van der Waals surface area contributed by atoms with Gasteiger partial charge in [0.2, 0.25) is 0 Å². The number of amides is 1. The first-order valence-corrected chi connectivity index (χ1v) is 4.95. The first-order chi connectivity index (χ1) is 9.34. The Morgan fingerprint density at radius 3 is 1.95 bits per heavy atom. The largest absolute Gasteiger partial charge is 0.573 e. The predicted octanol–water partition coefficient (Wildman–Crippen LogP) is 3.72. The lowest BCUT2D eigenvalue weighted by Gasteiger charge is -2.20. The summed E-state index contributed by atoms with van der Waals surface area (Å²) in [5.41, 5.74) is -0.983. The molecule has 0 saturated carbocycles. The van der Waals surface area contributed by atoms with Gasteiger partial charge >= 0.3 is 24.4 Å². The molecule has 0 radical (unpaired) electrons. The number of benzene rings is 1. The molecular weight excluding hydrogens is 318 g/mol. The summed E-state index contributed by atoms with van der Waals surface area (Å²) in [7, 11) is 0. The lowest BCUT2D eigenvalue weighted by Crippen LogP contribution is -2.47. The van der Waals surface area contributed by atoms with Crippen molar-refractivity contribution in [1.29, 1.82) is 0 Å². The zero-order valence-electron chi connectivity index (χ0n) is 9.65. The van der Waals surface area contributed by atoms with E-state index in [-0.39, 0.29) is 0 Å². The Bertz CT molecular complexity index is 523. The van der Waals surface area contributed by atoms with Crippen molar-refractivity contribution < 1.29 is 44.7 Å². The lowest BCUT2D eigenvalue weighted by molar-refractivity contribution is -0.274. The van der Waals surface area contributed by atoms with Crippen LogP contribution in [-0.4, -0.2) is 24.4 Å². The van der Waals surface area contributed by atoms with Crippen LogP contribution >= 0.6 is 0 Å². The Labute approximate surface area is 111 Å². The number of para-hydroxylation sites is 2. The summed E-state index contributed by atoms with van der Waals surface area (Å²) in [6, 6.07) is 3.31. The van der Waals surface area contributed by atoms with Crippen LogP contribution in [0.25, 0.3) is 0 Å². The molecular formula is C10H5F8NO2. The summed E-state index contributed by atoms with van der Waals surface area (Å²) < 4.78 is 101. The Morgan fingerprint density at radius 2 is 1.48 bits per heavy atom. The Hall–Kier alpha value is -2.07. The van der Waals surface area contributed by atoms with Gasteiger partial charge in [-0.15, -0.1) is 13.2 Å². The Kier molecular flexibility index (Phi) is 4.34. The van der Waals surface area contributed by atoms with Gasteiger partial charge in [0.05, 0.1) is 5.69 Å². The average molecular weight is 323 g/mol. The highest BCUT2D eigenvalue weighted by Crippen LogP contribution is 2.37. The number of hydrogen-bond acceptors (Lipinski definition) is 2. The number of alkyl halides is 8. The van der Waals surface area contributed by atoms with Gasteiger partial charge in [0.25, 0.3) is 0 Å². The number of anilines is 1. The first kappa shape index (κ1) is 17.0. The topological polar surface area (TPSA) is 38.3 Å². The number of ether oxygens (including phenoxy) is 1. The van der Waals surface area contributed by atoms with Gasteiger partial charge in [-0.1, -0.05) is 12.1 Å². The normalized spacial score (nSPS) is 13.0. The van der Waals surface area contributed by atoms with Gasteiger partial charge in [0.1, 0.15) is 0 Å². The van der Waals surface area contributed by atoms with E-state index >= 15 is 0 Å². The van der Waals surface area contributed by atoms with E-state index in [9.17, 15) is 39.9 Å². The van der Waals surface area contributed by atoms with E-state index in [4.69, 9.17) is 0 Å². The van der Waals surface area contributed by atoms with Crippen LogP contribution in [0.1, 0.15) is 0 Å². The number of rotatable bonds is 3. The molecule has 0 spiro atoms. The third-order valence-corrected chi connectivity index (χ3v) is 2.00. The van der Waals surface area contributed by atoms with Crippen LogP contribution in [0.4, 0.5) is 40.8 Å². The van der Waals surface area contributed by atoms with Gasteiger partial charge in [0, 0.05) is 0 Å². The Balaban J connectivity index is 3.02. The van der Waals surface area contributed by atoms with E-state index in [0.717, 1.165) is 17.4 Å². The molecule has 0 bridgehead atoms. The molecule has 0 saturated heterocycles. The van der Waals surface area contributed by atoms with E-state index in [2.05, 4.69) is 4.74 Å². The second-order valence-electron chi connectivity index (χ2n) is 3.57. The van der Waals surface area contributed by atoms with Crippen molar-refractivity contribution in [3.05, 3.63) is 24.3 Å². The standard InChI is InChI=1S/C10H5F8NO2/c11-8(12,9(13,14)15)7(20)19-5-3-1-2-4-6(5)21-10(16,17)18/h1-4H,(H,19,20). The molecule has 3 nitrogen and oxygen atoms in total. The fourth-order valence-electron chi connectivity index (χ4n) is 1.11. The molecule has 0 fully saturated rings. The number of hydrogen-bond donors (Lipinski definition) is 1. The van der Waals surface area contributed by atoms with E-state index in [1.54, 1.807) is 0 Å². The SMILES string of the molecule is O=C(Nc1ccccc1OC(F)(F)F)C(F)(F)C(F)(F)F. The Morgan fingerprint density at radius 1 is 0.952 bits per heavy atom. The minimum atomic E-state index is -6.18. The van der Waals surface area contributed by atoms with Crippen molar-refractivity contribution in [3.63, 3.8) is 0 Å². The van der Waals surface area contributed by atoms with Crippen molar-refractivity contribution in [3.8, 4) is 5.75 Å². The van der Waals surface area contributed by atoms with Crippen molar-refractivity contribution in [2.45, 2.75) is 18.5 Å². The molecule has 1 amide bonds. The third-order valence-electron chi connectivity index (χ3n) is 2.00. The van der Waals surface area contributed by atoms with Crippen molar-refractivity contribution in [1.82, 2.24) is 0 Å². The molecule has 1 aromatic carbocycles. The van der Waals surface area contributed by atoms with E-state index in [1.807, 2.05) is 0 Å². The molecule has 1 rings (SSSR count). The summed E-state index contributed by atoms with van der Waals surface area (Å²) in [5.74, 6) is -9.72. The summed E-state index contributed by atoms with van der Waals surface area (Å²) in [6.45, 7) is 0. The zero-order chi connectivity index (χ0) is 16.5. The second kappa shape index (κ2) is 5.37. The smallest absolute Gasteiger partial charge is 0.404 e. The molecule has 0 aliphatic carbocycles. The zero-order valence-corrected chi connectivity index (χ0v) is 9.65. The highest BCUT2D eigenvalue weighted by molar-refractivity contribution is 5.97. The van der Waals surface area contributed by atoms with E-state index < -0.39 is 35.8 Å². The third kappa shape index (κ3) is 4.20. The maximum atomic E-state index is 12.7. The van der Waals surface area contributed by atoms with Gasteiger partial charge in [-0.2, -0.15) is 22.0 Å². The highest BCUT2D eigenvalue weighted by atomic mass is 19.4. The van der Waals surface area contributed by atoms with Crippen LogP contribution in [0.2, 0.25) is 0 Å². The molecule has 1 N–H and O–H groups in total. The summed E-state index contributed by atoms with van der Waals surface area (Å²) in [4.78, 5) is 10.9. The monoisotopic (exact) mass is 323 g/mol. The van der Waals surface area contributed by atoms with Gasteiger partial charge in [0.15, 0.2) is 5.75 Å². The molecule has 11 heteroatoms.